The van der Waals surface area contributed by atoms with Crippen LogP contribution in [-0.2, 0) is 0 Å². The smallest absolute Gasteiger partial charge is 0.335 e. The Morgan fingerprint density at radius 2 is 1.90 bits per heavy atom. The van der Waals surface area contributed by atoms with Crippen LogP contribution >= 0.6 is 0 Å². The van der Waals surface area contributed by atoms with Crippen molar-refractivity contribution < 1.29 is 14.6 Å². The molecular weight excluding hydrogens is 400 g/mol. The van der Waals surface area contributed by atoms with E-state index in [4.69, 9.17) is 9.47 Å². The van der Waals surface area contributed by atoms with Gasteiger partial charge < -0.3 is 20.0 Å². The molecule has 31 heavy (non-hydrogen) atoms. The van der Waals surface area contributed by atoms with Crippen LogP contribution in [0.3, 0.4) is 0 Å². The summed E-state index contributed by atoms with van der Waals surface area (Å²) in [6.45, 7) is 1.81. The second-order valence-electron chi connectivity index (χ2n) is 7.13. The second kappa shape index (κ2) is 8.02. The number of methoxy groups -OCH3 is 2. The Morgan fingerprint density at radius 1 is 1.13 bits per heavy atom. The zero-order chi connectivity index (χ0) is 22.1. The highest BCUT2D eigenvalue weighted by Gasteiger charge is 2.29. The van der Waals surface area contributed by atoms with E-state index in [1.165, 1.54) is 0 Å². The molecule has 9 nitrogen and oxygen atoms in total. The van der Waals surface area contributed by atoms with Crippen molar-refractivity contribution in [1.29, 1.82) is 0 Å². The maximum Gasteiger partial charge on any atom is 0.335 e. The van der Waals surface area contributed by atoms with E-state index in [-0.39, 0.29) is 11.6 Å². The Kier molecular flexibility index (Phi) is 5.24. The summed E-state index contributed by atoms with van der Waals surface area (Å²) < 4.78 is 11.8. The number of hydrazone groups is 1. The number of rotatable bonds is 5. The SMILES string of the molecule is COc1ccc(OC)c([C@H]2CC(c3c(O)n(-c4ccccc4C)c(=O)[nH]c3=O)=NN2)c1. The molecule has 0 fully saturated rings. The van der Waals surface area contributed by atoms with E-state index in [0.717, 1.165) is 15.7 Å². The Morgan fingerprint density at radius 3 is 2.61 bits per heavy atom. The van der Waals surface area contributed by atoms with Gasteiger partial charge in [-0.05, 0) is 36.8 Å². The Hall–Kier alpha value is -4.01. The lowest BCUT2D eigenvalue weighted by Crippen LogP contribution is -2.33. The summed E-state index contributed by atoms with van der Waals surface area (Å²) in [5.41, 5.74) is 3.87. The van der Waals surface area contributed by atoms with Crippen molar-refractivity contribution in [2.75, 3.05) is 14.2 Å². The van der Waals surface area contributed by atoms with Crippen molar-refractivity contribution in [3.63, 3.8) is 0 Å². The maximum atomic E-state index is 12.6. The first-order valence-electron chi connectivity index (χ1n) is 9.63. The quantitative estimate of drug-likeness (QED) is 0.579. The summed E-state index contributed by atoms with van der Waals surface area (Å²) in [7, 11) is 3.14. The van der Waals surface area contributed by atoms with E-state index in [1.807, 2.05) is 25.1 Å². The molecule has 1 aliphatic rings. The number of ether oxygens (including phenoxy) is 2. The third-order valence-electron chi connectivity index (χ3n) is 5.30. The van der Waals surface area contributed by atoms with Crippen LogP contribution in [0.15, 0.2) is 57.2 Å². The average molecular weight is 422 g/mol. The molecule has 0 saturated heterocycles. The van der Waals surface area contributed by atoms with Crippen LogP contribution in [0.5, 0.6) is 17.4 Å². The number of para-hydroxylation sites is 1. The molecule has 1 aliphatic heterocycles. The van der Waals surface area contributed by atoms with Gasteiger partial charge in [0.2, 0.25) is 5.88 Å². The van der Waals surface area contributed by atoms with E-state index in [9.17, 15) is 14.7 Å². The molecule has 3 N–H and O–H groups in total. The van der Waals surface area contributed by atoms with Gasteiger partial charge in [0, 0.05) is 12.0 Å². The van der Waals surface area contributed by atoms with E-state index in [1.54, 1.807) is 38.5 Å². The largest absolute Gasteiger partial charge is 0.497 e. The monoisotopic (exact) mass is 422 g/mol. The van der Waals surface area contributed by atoms with E-state index >= 15 is 0 Å². The van der Waals surface area contributed by atoms with Crippen LogP contribution in [-0.4, -0.2) is 34.6 Å². The Labute approximate surface area is 177 Å². The lowest BCUT2D eigenvalue weighted by atomic mass is 9.99. The van der Waals surface area contributed by atoms with Gasteiger partial charge in [0.05, 0.1) is 31.7 Å². The summed E-state index contributed by atoms with van der Waals surface area (Å²) in [5.74, 6) is 0.833. The summed E-state index contributed by atoms with van der Waals surface area (Å²) in [5, 5.41) is 15.2. The molecule has 9 heteroatoms. The number of nitrogens with zero attached hydrogens (tertiary/aromatic N) is 2. The number of aryl methyl sites for hydroxylation is 1. The van der Waals surface area contributed by atoms with Gasteiger partial charge >= 0.3 is 5.69 Å². The molecule has 160 valence electrons. The molecule has 0 radical (unpaired) electrons. The van der Waals surface area contributed by atoms with Gasteiger partial charge in [-0.1, -0.05) is 18.2 Å². The fraction of sp³-hybridized carbons (Fsp3) is 0.227. The lowest BCUT2D eigenvalue weighted by molar-refractivity contribution is 0.392. The highest BCUT2D eigenvalue weighted by Crippen LogP contribution is 2.34. The molecule has 0 aliphatic carbocycles. The van der Waals surface area contributed by atoms with Crippen LogP contribution < -0.4 is 26.1 Å². The minimum Gasteiger partial charge on any atom is -0.497 e. The number of hydrogen-bond acceptors (Lipinski definition) is 7. The van der Waals surface area contributed by atoms with Crippen LogP contribution in [0, 0.1) is 6.92 Å². The van der Waals surface area contributed by atoms with Gasteiger partial charge in [-0.15, -0.1) is 0 Å². The highest BCUT2D eigenvalue weighted by atomic mass is 16.5. The molecule has 3 aromatic rings. The number of hydrogen-bond donors (Lipinski definition) is 3. The molecular formula is C22H22N4O5. The molecule has 0 bridgehead atoms. The maximum absolute atomic E-state index is 12.6. The summed E-state index contributed by atoms with van der Waals surface area (Å²) in [4.78, 5) is 27.4. The van der Waals surface area contributed by atoms with E-state index < -0.39 is 17.1 Å². The van der Waals surface area contributed by atoms with Crippen molar-refractivity contribution >= 4 is 5.71 Å². The van der Waals surface area contributed by atoms with Crippen molar-refractivity contribution in [3.05, 3.63) is 80.0 Å². The molecule has 2 heterocycles. The van der Waals surface area contributed by atoms with Crippen LogP contribution in [0.2, 0.25) is 0 Å². The molecule has 0 amide bonds. The first-order valence-corrected chi connectivity index (χ1v) is 9.63. The third kappa shape index (κ3) is 3.54. The van der Waals surface area contributed by atoms with Gasteiger partial charge in [0.25, 0.3) is 5.56 Å². The summed E-state index contributed by atoms with van der Waals surface area (Å²) in [6, 6.07) is 12.2. The third-order valence-corrected chi connectivity index (χ3v) is 5.30. The van der Waals surface area contributed by atoms with E-state index in [2.05, 4.69) is 15.5 Å². The van der Waals surface area contributed by atoms with Gasteiger partial charge in [-0.2, -0.15) is 5.10 Å². The molecule has 0 saturated carbocycles. The summed E-state index contributed by atoms with van der Waals surface area (Å²) in [6.07, 6.45) is 0.298. The molecule has 4 rings (SSSR count). The minimum absolute atomic E-state index is 0.0558. The lowest BCUT2D eigenvalue weighted by Gasteiger charge is -2.16. The number of aromatic hydroxyl groups is 1. The molecule has 0 unspecified atom stereocenters. The fourth-order valence-electron chi connectivity index (χ4n) is 3.71. The Balaban J connectivity index is 1.76. The predicted molar refractivity (Wildman–Crippen MR) is 116 cm³/mol. The van der Waals surface area contributed by atoms with Crippen LogP contribution in [0.1, 0.15) is 29.2 Å². The molecule has 1 aromatic heterocycles. The topological polar surface area (TPSA) is 118 Å². The summed E-state index contributed by atoms with van der Waals surface area (Å²) >= 11 is 0. The standard InChI is InChI=1S/C22H22N4O5/c1-12-6-4-5-7-17(12)26-21(28)19(20(27)23-22(26)29)16-11-15(24-25-16)14-10-13(30-2)8-9-18(14)31-3/h4-10,15,24,28H,11H2,1-3H3,(H,23,27,29)/t15-/m1/s1. The number of nitrogens with one attached hydrogen (secondary N) is 2. The number of aromatic nitrogens is 2. The van der Waals surface area contributed by atoms with Crippen molar-refractivity contribution in [2.45, 2.75) is 19.4 Å². The number of benzene rings is 2. The van der Waals surface area contributed by atoms with Crippen molar-refractivity contribution in [1.82, 2.24) is 15.0 Å². The molecule has 0 spiro atoms. The zero-order valence-corrected chi connectivity index (χ0v) is 17.3. The van der Waals surface area contributed by atoms with Gasteiger partial charge in [-0.25, -0.2) is 9.36 Å². The normalized spacial score (nSPS) is 15.3. The number of aromatic amines is 1. The first-order chi connectivity index (χ1) is 14.9. The second-order valence-corrected chi connectivity index (χ2v) is 7.13. The highest BCUT2D eigenvalue weighted by molar-refractivity contribution is 6.03. The molecule has 2 aromatic carbocycles. The first kappa shape index (κ1) is 20.3. The average Bonchev–Trinajstić information content (AvgIpc) is 3.23. The van der Waals surface area contributed by atoms with Gasteiger partial charge in [0.15, 0.2) is 0 Å². The van der Waals surface area contributed by atoms with Crippen LogP contribution in [0.4, 0.5) is 0 Å². The number of H-pyrrole nitrogens is 1. The minimum atomic E-state index is -0.724. The predicted octanol–water partition coefficient (Wildman–Crippen LogP) is 2.00. The Bertz CT molecular complexity index is 1290. The van der Waals surface area contributed by atoms with Gasteiger partial charge in [-0.3, -0.25) is 9.78 Å². The van der Waals surface area contributed by atoms with E-state index in [0.29, 0.717) is 29.3 Å². The van der Waals surface area contributed by atoms with Crippen LogP contribution in [0.25, 0.3) is 5.69 Å². The van der Waals surface area contributed by atoms with Crippen molar-refractivity contribution in [3.8, 4) is 23.1 Å². The van der Waals surface area contributed by atoms with Crippen molar-refractivity contribution in [2.24, 2.45) is 5.10 Å². The molecule has 1 atom stereocenters. The van der Waals surface area contributed by atoms with Gasteiger partial charge in [0.1, 0.15) is 17.1 Å². The fourth-order valence-corrected chi connectivity index (χ4v) is 3.71. The zero-order valence-electron chi connectivity index (χ0n) is 17.3.